The van der Waals surface area contributed by atoms with Crippen LogP contribution in [0.1, 0.15) is 86.1 Å². The van der Waals surface area contributed by atoms with E-state index < -0.39 is 41.7 Å². The minimum atomic E-state index is -0.752. The molecule has 1 saturated heterocycles. The monoisotopic (exact) mass is 746 g/mol. The zero-order valence-electron chi connectivity index (χ0n) is 33.7. The molecule has 1 heterocycles. The number of ketones is 1. The number of carbonyl (C=O) groups is 4. The van der Waals surface area contributed by atoms with Crippen molar-refractivity contribution in [2.75, 3.05) is 42.0 Å². The fourth-order valence-corrected chi connectivity index (χ4v) is 7.54. The predicted molar refractivity (Wildman–Crippen MR) is 209 cm³/mol. The van der Waals surface area contributed by atoms with Crippen LogP contribution < -0.4 is 10.6 Å². The third-order valence-electron chi connectivity index (χ3n) is 11.2. The highest BCUT2D eigenvalue weighted by molar-refractivity contribution is 7.80. The lowest BCUT2D eigenvalue weighted by atomic mass is 9.83. The van der Waals surface area contributed by atoms with Gasteiger partial charge in [-0.2, -0.15) is 0 Å². The van der Waals surface area contributed by atoms with Crippen molar-refractivity contribution >= 4 is 40.8 Å². The van der Waals surface area contributed by atoms with Gasteiger partial charge in [0.05, 0.1) is 48.3 Å². The summed E-state index contributed by atoms with van der Waals surface area (Å²) >= 11 is 5.84. The number of thiocarbonyl (C=S) groups is 1. The van der Waals surface area contributed by atoms with Crippen LogP contribution in [0.3, 0.4) is 0 Å². The van der Waals surface area contributed by atoms with Crippen LogP contribution in [0.5, 0.6) is 0 Å². The van der Waals surface area contributed by atoms with Gasteiger partial charge in [0.2, 0.25) is 11.8 Å². The SMILES string of the molecule is CCC(C)C(C(CC(=O)N1CCCC1C(OC)C(C)C(=S)NC(Cc1ccccc1)C(=O)OC)OC)N(C)C(=O)C(CC(=O)C(C)(C)NC)C(C)C. The maximum atomic E-state index is 14.2. The Balaban J connectivity index is 2.28. The van der Waals surface area contributed by atoms with Crippen molar-refractivity contribution < 1.29 is 33.4 Å². The van der Waals surface area contributed by atoms with Crippen molar-refractivity contribution in [1.29, 1.82) is 0 Å². The standard InChI is InChI=1S/C40H66N4O7S/c1-13-26(4)35(43(9)38(47)29(25(2)3)23-33(45)40(6,7)41-8)32(49-10)24-34(46)44-21-17-20-31(44)36(50-11)27(5)37(52)42-30(39(48)51-12)22-28-18-15-14-16-19-28/h14-16,18-19,25-27,29-32,35-36,41H,13,17,20-24H2,1-12H3,(H,42,52). The van der Waals surface area contributed by atoms with Gasteiger partial charge in [-0.3, -0.25) is 14.4 Å². The molecule has 1 aliphatic heterocycles. The molecule has 1 aromatic rings. The highest BCUT2D eigenvalue weighted by Crippen LogP contribution is 2.31. The number of carbonyl (C=O) groups excluding carboxylic acids is 4. The number of ether oxygens (including phenoxy) is 3. The molecule has 8 atom stereocenters. The number of rotatable bonds is 21. The molecular weight excluding hydrogens is 681 g/mol. The minimum absolute atomic E-state index is 0.0205. The van der Waals surface area contributed by atoms with Gasteiger partial charge in [-0.15, -0.1) is 0 Å². The lowest BCUT2D eigenvalue weighted by Crippen LogP contribution is -2.55. The van der Waals surface area contributed by atoms with Crippen molar-refractivity contribution in [3.8, 4) is 0 Å². The molecule has 0 spiro atoms. The van der Waals surface area contributed by atoms with Gasteiger partial charge < -0.3 is 34.6 Å². The molecule has 0 bridgehead atoms. The van der Waals surface area contributed by atoms with Gasteiger partial charge in [-0.25, -0.2) is 4.79 Å². The Hall–Kier alpha value is -2.93. The molecule has 1 fully saturated rings. The average Bonchev–Trinajstić information content (AvgIpc) is 3.62. The van der Waals surface area contributed by atoms with Crippen LogP contribution in [0.2, 0.25) is 0 Å². The summed E-state index contributed by atoms with van der Waals surface area (Å²) in [5.41, 5.74) is 0.219. The normalized spacial score (nSPS) is 18.9. The number of esters is 1. The Labute approximate surface area is 318 Å². The summed E-state index contributed by atoms with van der Waals surface area (Å²) in [6.07, 6.45) is 1.91. The number of nitrogens with zero attached hydrogens (tertiary/aromatic N) is 2. The van der Waals surface area contributed by atoms with Crippen molar-refractivity contribution in [1.82, 2.24) is 20.4 Å². The van der Waals surface area contributed by atoms with Crippen LogP contribution in [-0.4, -0.2) is 116 Å². The molecule has 0 radical (unpaired) electrons. The maximum Gasteiger partial charge on any atom is 0.328 e. The first kappa shape index (κ1) is 45.2. The largest absolute Gasteiger partial charge is 0.467 e. The van der Waals surface area contributed by atoms with E-state index in [1.165, 1.54) is 7.11 Å². The first-order valence-electron chi connectivity index (χ1n) is 18.7. The van der Waals surface area contributed by atoms with E-state index in [4.69, 9.17) is 26.4 Å². The summed E-state index contributed by atoms with van der Waals surface area (Å²) in [5, 5.41) is 6.28. The quantitative estimate of drug-likeness (QED) is 0.133. The second-order valence-corrected chi connectivity index (χ2v) is 15.7. The summed E-state index contributed by atoms with van der Waals surface area (Å²) in [6.45, 7) is 14.2. The van der Waals surface area contributed by atoms with E-state index in [2.05, 4.69) is 24.5 Å². The highest BCUT2D eigenvalue weighted by Gasteiger charge is 2.43. The summed E-state index contributed by atoms with van der Waals surface area (Å²) in [6, 6.07) is 8.35. The van der Waals surface area contributed by atoms with E-state index in [0.29, 0.717) is 18.0 Å². The summed E-state index contributed by atoms with van der Waals surface area (Å²) < 4.78 is 17.2. The van der Waals surface area contributed by atoms with Gasteiger partial charge in [0.15, 0.2) is 5.78 Å². The molecule has 1 aliphatic rings. The number of methoxy groups -OCH3 is 3. The van der Waals surface area contributed by atoms with Crippen molar-refractivity contribution in [3.63, 3.8) is 0 Å². The number of likely N-dealkylation sites (tertiary alicyclic amines) is 1. The van der Waals surface area contributed by atoms with E-state index in [1.54, 1.807) is 33.2 Å². The number of hydrogen-bond acceptors (Lipinski definition) is 9. The van der Waals surface area contributed by atoms with Gasteiger partial charge in [-0.1, -0.05) is 83.6 Å². The van der Waals surface area contributed by atoms with Crippen molar-refractivity contribution in [2.24, 2.45) is 23.7 Å². The Morgan fingerprint density at radius 2 is 1.65 bits per heavy atom. The van der Waals surface area contributed by atoms with E-state index in [9.17, 15) is 19.2 Å². The molecule has 8 unspecified atom stereocenters. The van der Waals surface area contributed by atoms with Gasteiger partial charge in [0, 0.05) is 52.5 Å². The van der Waals surface area contributed by atoms with Crippen LogP contribution in [0.15, 0.2) is 30.3 Å². The Bertz CT molecular complexity index is 1330. The molecule has 0 aliphatic carbocycles. The van der Waals surface area contributed by atoms with Gasteiger partial charge in [0.25, 0.3) is 0 Å². The number of amides is 2. The molecule has 0 saturated carbocycles. The number of benzene rings is 1. The van der Waals surface area contributed by atoms with E-state index >= 15 is 0 Å². The lowest BCUT2D eigenvalue weighted by Gasteiger charge is -2.41. The van der Waals surface area contributed by atoms with Crippen LogP contribution in [0.4, 0.5) is 0 Å². The van der Waals surface area contributed by atoms with Gasteiger partial charge in [0.1, 0.15) is 6.04 Å². The molecule has 2 rings (SSSR count). The molecule has 1 aromatic carbocycles. The first-order valence-corrected chi connectivity index (χ1v) is 19.2. The van der Waals surface area contributed by atoms with E-state index in [0.717, 1.165) is 24.8 Å². The van der Waals surface area contributed by atoms with Crippen LogP contribution >= 0.6 is 12.2 Å². The highest BCUT2D eigenvalue weighted by atomic mass is 32.1. The number of hydrogen-bond donors (Lipinski definition) is 2. The zero-order chi connectivity index (χ0) is 39.3. The molecule has 2 amide bonds. The van der Waals surface area contributed by atoms with Gasteiger partial charge >= 0.3 is 5.97 Å². The first-order chi connectivity index (χ1) is 24.5. The number of Topliss-reactive ketones (excluding diaryl/α,β-unsaturated/α-hetero) is 1. The van der Waals surface area contributed by atoms with Crippen molar-refractivity contribution in [2.45, 2.75) is 123 Å². The Kier molecular flexibility index (Phi) is 18.3. The topological polar surface area (TPSA) is 127 Å². The van der Waals surface area contributed by atoms with Crippen LogP contribution in [-0.2, 0) is 39.8 Å². The molecule has 0 aromatic heterocycles. The molecular formula is C40H66N4O7S. The number of nitrogens with one attached hydrogen (secondary N) is 2. The average molecular weight is 747 g/mol. The summed E-state index contributed by atoms with van der Waals surface area (Å²) in [4.78, 5) is 58.4. The fourth-order valence-electron chi connectivity index (χ4n) is 7.26. The summed E-state index contributed by atoms with van der Waals surface area (Å²) in [5.74, 6) is -1.52. The molecule has 12 heteroatoms. The third kappa shape index (κ3) is 11.8. The second kappa shape index (κ2) is 21.1. The lowest BCUT2D eigenvalue weighted by molar-refractivity contribution is -0.148. The molecule has 52 heavy (non-hydrogen) atoms. The Morgan fingerprint density at radius 3 is 2.17 bits per heavy atom. The Morgan fingerprint density at radius 1 is 1.02 bits per heavy atom. The molecule has 11 nitrogen and oxygen atoms in total. The molecule has 294 valence electrons. The van der Waals surface area contributed by atoms with E-state index in [1.807, 2.05) is 69.9 Å². The second-order valence-electron chi connectivity index (χ2n) is 15.2. The minimum Gasteiger partial charge on any atom is -0.467 e. The number of likely N-dealkylation sites (N-methyl/N-ethyl adjacent to an activating group) is 2. The zero-order valence-corrected chi connectivity index (χ0v) is 34.5. The predicted octanol–water partition coefficient (Wildman–Crippen LogP) is 4.84. The smallest absolute Gasteiger partial charge is 0.328 e. The van der Waals surface area contributed by atoms with Crippen LogP contribution in [0.25, 0.3) is 0 Å². The van der Waals surface area contributed by atoms with Crippen LogP contribution in [0, 0.1) is 23.7 Å². The van der Waals surface area contributed by atoms with Gasteiger partial charge in [-0.05, 0) is 51.1 Å². The third-order valence-corrected chi connectivity index (χ3v) is 11.7. The molecule has 2 N–H and O–H groups in total. The maximum absolute atomic E-state index is 14.2. The van der Waals surface area contributed by atoms with Crippen molar-refractivity contribution in [3.05, 3.63) is 35.9 Å². The van der Waals surface area contributed by atoms with E-state index in [-0.39, 0.29) is 54.2 Å². The fraction of sp³-hybridized carbons (Fsp3) is 0.725. The summed E-state index contributed by atoms with van der Waals surface area (Å²) in [7, 11) is 8.08.